The van der Waals surface area contributed by atoms with Gasteiger partial charge in [-0.05, 0) is 42.5 Å². The average molecular weight is 528 g/mol. The van der Waals surface area contributed by atoms with Crippen LogP contribution in [0.2, 0.25) is 0 Å². The van der Waals surface area contributed by atoms with Crippen LogP contribution in [-0.4, -0.2) is 52.4 Å². The summed E-state index contributed by atoms with van der Waals surface area (Å²) in [5.41, 5.74) is 4.10. The monoisotopic (exact) mass is 527 g/mol. The molecule has 3 aromatic heterocycles. The van der Waals surface area contributed by atoms with Gasteiger partial charge in [0.15, 0.2) is 23.1 Å². The molecule has 0 amide bonds. The summed E-state index contributed by atoms with van der Waals surface area (Å²) in [5.74, 6) is 4.71. The lowest BCUT2D eigenvalue weighted by atomic mass is 9.82. The zero-order valence-electron chi connectivity index (χ0n) is 22.7. The standard InChI is InChI=1S/C29H33N7O3/c1-18-10-22(37-3)8-9-23(18)24-16-39-26-14-31-29(34-28(26)35(24)2)33-20-12-25(38-4)27(30-13-20)36-15-21(32-17-36)11-19-6-5-7-19/h8-10,12-15,17,19,24H,5-7,11,16H2,1-4H3,(H,31,33,34). The van der Waals surface area contributed by atoms with Crippen molar-refractivity contribution in [3.8, 4) is 23.1 Å². The Hall–Kier alpha value is -4.34. The van der Waals surface area contributed by atoms with Crippen molar-refractivity contribution < 1.29 is 14.2 Å². The molecule has 0 saturated heterocycles. The third-order valence-electron chi connectivity index (χ3n) is 7.68. The Kier molecular flexibility index (Phi) is 6.68. The number of methoxy groups -OCH3 is 2. The van der Waals surface area contributed by atoms with E-state index in [1.54, 1.807) is 32.9 Å². The molecule has 2 aliphatic rings. The highest BCUT2D eigenvalue weighted by molar-refractivity contribution is 5.62. The van der Waals surface area contributed by atoms with Crippen LogP contribution in [0.1, 0.15) is 42.1 Å². The number of benzene rings is 1. The molecular weight excluding hydrogens is 494 g/mol. The predicted octanol–water partition coefficient (Wildman–Crippen LogP) is 5.04. The van der Waals surface area contributed by atoms with E-state index in [1.807, 2.05) is 36.0 Å². The van der Waals surface area contributed by atoms with E-state index in [0.29, 0.717) is 41.4 Å². The predicted molar refractivity (Wildman–Crippen MR) is 149 cm³/mol. The van der Waals surface area contributed by atoms with Gasteiger partial charge in [0.2, 0.25) is 5.95 Å². The summed E-state index contributed by atoms with van der Waals surface area (Å²) in [6.45, 7) is 2.59. The van der Waals surface area contributed by atoms with Crippen LogP contribution in [0.5, 0.6) is 17.2 Å². The number of nitrogens with one attached hydrogen (secondary N) is 1. The number of pyridine rings is 1. The number of rotatable bonds is 8. The van der Waals surface area contributed by atoms with Crippen LogP contribution in [0.4, 0.5) is 17.5 Å². The highest BCUT2D eigenvalue weighted by Crippen LogP contribution is 2.39. The minimum Gasteiger partial charge on any atom is -0.497 e. The van der Waals surface area contributed by atoms with Crippen molar-refractivity contribution in [2.45, 2.75) is 38.6 Å². The maximum atomic E-state index is 6.05. The van der Waals surface area contributed by atoms with E-state index in [1.165, 1.54) is 19.3 Å². The highest BCUT2D eigenvalue weighted by Gasteiger charge is 2.29. The number of likely N-dealkylation sites (N-methyl/N-ethyl adjacent to an activating group) is 1. The molecule has 1 aliphatic carbocycles. The van der Waals surface area contributed by atoms with Crippen molar-refractivity contribution in [1.29, 1.82) is 0 Å². The fourth-order valence-electron chi connectivity index (χ4n) is 5.21. The first-order valence-corrected chi connectivity index (χ1v) is 13.2. The molecule has 0 radical (unpaired) electrons. The number of fused-ring (bicyclic) bond motifs is 1. The quantitative estimate of drug-likeness (QED) is 0.338. The van der Waals surface area contributed by atoms with Gasteiger partial charge in [0.25, 0.3) is 0 Å². The molecule has 0 spiro atoms. The second-order valence-corrected chi connectivity index (χ2v) is 10.2. The number of nitrogens with zero attached hydrogens (tertiary/aromatic N) is 6. The molecule has 6 rings (SSSR count). The molecular formula is C29H33N7O3. The molecule has 4 aromatic rings. The van der Waals surface area contributed by atoms with Crippen molar-refractivity contribution in [2.75, 3.05) is 38.1 Å². The first-order valence-electron chi connectivity index (χ1n) is 13.2. The van der Waals surface area contributed by atoms with Crippen LogP contribution < -0.4 is 24.4 Å². The fraction of sp³-hybridized carbons (Fsp3) is 0.379. The Bertz CT molecular complexity index is 1480. The molecule has 1 atom stereocenters. The van der Waals surface area contributed by atoms with Crippen LogP contribution in [0, 0.1) is 12.8 Å². The largest absolute Gasteiger partial charge is 0.497 e. The Morgan fingerprint density at radius 1 is 1.05 bits per heavy atom. The van der Waals surface area contributed by atoms with Gasteiger partial charge < -0.3 is 24.4 Å². The molecule has 10 heteroatoms. The van der Waals surface area contributed by atoms with Gasteiger partial charge in [0.05, 0.1) is 44.0 Å². The lowest BCUT2D eigenvalue weighted by Gasteiger charge is -2.35. The SMILES string of the molecule is COc1ccc(C2COc3cnc(Nc4cnc(-n5cnc(CC6CCC6)c5)c(OC)c4)nc3N2C)c(C)c1. The molecule has 4 heterocycles. The first-order chi connectivity index (χ1) is 19.0. The second-order valence-electron chi connectivity index (χ2n) is 10.2. The van der Waals surface area contributed by atoms with E-state index >= 15 is 0 Å². The number of anilines is 3. The Balaban J connectivity index is 1.21. The fourth-order valence-corrected chi connectivity index (χ4v) is 5.21. The van der Waals surface area contributed by atoms with Crippen molar-refractivity contribution in [2.24, 2.45) is 5.92 Å². The number of ether oxygens (including phenoxy) is 3. The van der Waals surface area contributed by atoms with Gasteiger partial charge in [-0.15, -0.1) is 0 Å². The summed E-state index contributed by atoms with van der Waals surface area (Å²) in [4.78, 5) is 20.6. The number of hydrogen-bond donors (Lipinski definition) is 1. The van der Waals surface area contributed by atoms with Crippen molar-refractivity contribution in [3.63, 3.8) is 0 Å². The number of aryl methyl sites for hydroxylation is 1. The van der Waals surface area contributed by atoms with E-state index in [-0.39, 0.29) is 6.04 Å². The van der Waals surface area contributed by atoms with Gasteiger partial charge in [0, 0.05) is 19.3 Å². The molecule has 0 bridgehead atoms. The summed E-state index contributed by atoms with van der Waals surface area (Å²) in [6, 6.07) is 7.99. The normalized spacial score (nSPS) is 16.7. The van der Waals surface area contributed by atoms with Gasteiger partial charge in [0.1, 0.15) is 18.7 Å². The van der Waals surface area contributed by atoms with Gasteiger partial charge >= 0.3 is 0 Å². The summed E-state index contributed by atoms with van der Waals surface area (Å²) in [5, 5.41) is 3.27. The molecule has 202 valence electrons. The van der Waals surface area contributed by atoms with Crippen LogP contribution >= 0.6 is 0 Å². The first kappa shape index (κ1) is 25.0. The van der Waals surface area contributed by atoms with Crippen LogP contribution in [0.3, 0.4) is 0 Å². The molecule has 1 N–H and O–H groups in total. The summed E-state index contributed by atoms with van der Waals surface area (Å²) in [6.07, 6.45) is 12.2. The van der Waals surface area contributed by atoms with E-state index in [4.69, 9.17) is 19.2 Å². The van der Waals surface area contributed by atoms with Gasteiger partial charge in [-0.1, -0.05) is 25.3 Å². The second kappa shape index (κ2) is 10.4. The van der Waals surface area contributed by atoms with Crippen molar-refractivity contribution >= 4 is 17.5 Å². The van der Waals surface area contributed by atoms with Crippen molar-refractivity contribution in [3.05, 3.63) is 66.0 Å². The number of imidazole rings is 1. The van der Waals surface area contributed by atoms with E-state index < -0.39 is 0 Å². The van der Waals surface area contributed by atoms with Crippen LogP contribution in [0.15, 0.2) is 49.2 Å². The smallest absolute Gasteiger partial charge is 0.229 e. The van der Waals surface area contributed by atoms with E-state index in [9.17, 15) is 0 Å². The third kappa shape index (κ3) is 4.94. The molecule has 10 nitrogen and oxygen atoms in total. The van der Waals surface area contributed by atoms with E-state index in [2.05, 4.69) is 38.2 Å². The van der Waals surface area contributed by atoms with Crippen molar-refractivity contribution in [1.82, 2.24) is 24.5 Å². The third-order valence-corrected chi connectivity index (χ3v) is 7.68. The average Bonchev–Trinajstić information content (AvgIpc) is 3.40. The lowest BCUT2D eigenvalue weighted by molar-refractivity contribution is 0.264. The van der Waals surface area contributed by atoms with Gasteiger partial charge in [-0.2, -0.15) is 4.98 Å². The van der Waals surface area contributed by atoms with Crippen LogP contribution in [-0.2, 0) is 6.42 Å². The molecule has 1 aromatic carbocycles. The minimum atomic E-state index is 0.0107. The minimum absolute atomic E-state index is 0.0107. The Morgan fingerprint density at radius 3 is 2.67 bits per heavy atom. The summed E-state index contributed by atoms with van der Waals surface area (Å²) >= 11 is 0. The zero-order valence-corrected chi connectivity index (χ0v) is 22.7. The molecule has 1 saturated carbocycles. The topological polar surface area (TPSA) is 99.5 Å². The zero-order chi connectivity index (χ0) is 26.9. The van der Waals surface area contributed by atoms with Gasteiger partial charge in [-0.25, -0.2) is 15.0 Å². The van der Waals surface area contributed by atoms with Crippen LogP contribution in [0.25, 0.3) is 5.82 Å². The molecule has 1 aliphatic heterocycles. The lowest BCUT2D eigenvalue weighted by Crippen LogP contribution is -2.34. The maximum Gasteiger partial charge on any atom is 0.229 e. The Labute approximate surface area is 228 Å². The van der Waals surface area contributed by atoms with Gasteiger partial charge in [-0.3, -0.25) is 4.57 Å². The molecule has 39 heavy (non-hydrogen) atoms. The molecule has 1 unspecified atom stereocenters. The van der Waals surface area contributed by atoms with E-state index in [0.717, 1.165) is 34.9 Å². The summed E-state index contributed by atoms with van der Waals surface area (Å²) < 4.78 is 19.0. The maximum absolute atomic E-state index is 6.05. The Morgan fingerprint density at radius 2 is 1.92 bits per heavy atom. The summed E-state index contributed by atoms with van der Waals surface area (Å²) in [7, 11) is 5.34. The number of hydrogen-bond acceptors (Lipinski definition) is 9. The number of aromatic nitrogens is 5. The molecule has 1 fully saturated rings. The highest BCUT2D eigenvalue weighted by atomic mass is 16.5.